The molecule has 1 amide bonds. The summed E-state index contributed by atoms with van der Waals surface area (Å²) in [6.45, 7) is 4.03. The Labute approximate surface area is 95.8 Å². The van der Waals surface area contributed by atoms with Crippen molar-refractivity contribution in [2.45, 2.75) is 26.7 Å². The molecule has 0 aliphatic heterocycles. The first-order valence-electron chi connectivity index (χ1n) is 5.22. The molecule has 0 atom stereocenters. The number of hydrogen-bond acceptors (Lipinski definition) is 3. The molecule has 0 fully saturated rings. The molecule has 4 heteroatoms. The van der Waals surface area contributed by atoms with Crippen LogP contribution < -0.4 is 16.0 Å². The van der Waals surface area contributed by atoms with Gasteiger partial charge in [0.05, 0.1) is 7.11 Å². The van der Waals surface area contributed by atoms with Gasteiger partial charge < -0.3 is 4.74 Å². The summed E-state index contributed by atoms with van der Waals surface area (Å²) in [7, 11) is 1.64. The Balaban J connectivity index is 2.89. The highest BCUT2D eigenvalue weighted by Crippen LogP contribution is 2.26. The fourth-order valence-corrected chi connectivity index (χ4v) is 1.84. The van der Waals surface area contributed by atoms with Crippen molar-refractivity contribution in [1.82, 2.24) is 5.43 Å². The van der Waals surface area contributed by atoms with E-state index in [-0.39, 0.29) is 5.91 Å². The first kappa shape index (κ1) is 12.5. The van der Waals surface area contributed by atoms with Crippen molar-refractivity contribution in [2.24, 2.45) is 5.84 Å². The number of benzene rings is 1. The fourth-order valence-electron chi connectivity index (χ4n) is 1.84. The predicted molar refractivity (Wildman–Crippen MR) is 63.1 cm³/mol. The third-order valence-corrected chi connectivity index (χ3v) is 2.48. The highest BCUT2D eigenvalue weighted by molar-refractivity contribution is 5.75. The summed E-state index contributed by atoms with van der Waals surface area (Å²) in [5.74, 6) is 5.73. The molecular formula is C12H18N2O2. The van der Waals surface area contributed by atoms with Crippen LogP contribution in [0, 0.1) is 13.8 Å². The van der Waals surface area contributed by atoms with Crippen molar-refractivity contribution < 1.29 is 9.53 Å². The number of rotatable bonds is 4. The lowest BCUT2D eigenvalue weighted by molar-refractivity contribution is -0.121. The molecule has 0 aliphatic carbocycles. The maximum Gasteiger partial charge on any atom is 0.234 e. The van der Waals surface area contributed by atoms with Crippen LogP contribution in [0.2, 0.25) is 0 Å². The summed E-state index contributed by atoms with van der Waals surface area (Å²) in [5.41, 5.74) is 5.42. The van der Waals surface area contributed by atoms with E-state index >= 15 is 0 Å². The number of aryl methyl sites for hydroxylation is 3. The Hall–Kier alpha value is -1.55. The second-order valence-corrected chi connectivity index (χ2v) is 3.84. The van der Waals surface area contributed by atoms with Gasteiger partial charge >= 0.3 is 0 Å². The molecule has 0 saturated carbocycles. The fraction of sp³-hybridized carbons (Fsp3) is 0.417. The summed E-state index contributed by atoms with van der Waals surface area (Å²) in [6.07, 6.45) is 1.00. The molecule has 0 bridgehead atoms. The van der Waals surface area contributed by atoms with Crippen molar-refractivity contribution in [2.75, 3.05) is 7.11 Å². The first-order chi connectivity index (χ1) is 7.58. The Kier molecular flexibility index (Phi) is 4.31. The average molecular weight is 222 g/mol. The van der Waals surface area contributed by atoms with E-state index in [2.05, 4.69) is 11.5 Å². The summed E-state index contributed by atoms with van der Waals surface area (Å²) >= 11 is 0. The van der Waals surface area contributed by atoms with E-state index in [0.29, 0.717) is 12.8 Å². The lowest BCUT2D eigenvalue weighted by atomic mass is 10.0. The molecule has 1 aromatic rings. The van der Waals surface area contributed by atoms with Crippen LogP contribution in [-0.2, 0) is 11.2 Å². The zero-order valence-electron chi connectivity index (χ0n) is 9.96. The van der Waals surface area contributed by atoms with Crippen molar-refractivity contribution in [3.8, 4) is 5.75 Å². The van der Waals surface area contributed by atoms with Crippen LogP contribution in [0.3, 0.4) is 0 Å². The quantitative estimate of drug-likeness (QED) is 0.457. The third-order valence-electron chi connectivity index (χ3n) is 2.48. The number of amides is 1. The highest BCUT2D eigenvalue weighted by Gasteiger charge is 2.09. The highest BCUT2D eigenvalue weighted by atomic mass is 16.5. The number of hydrazine groups is 1. The van der Waals surface area contributed by atoms with Crippen LogP contribution in [-0.4, -0.2) is 13.0 Å². The van der Waals surface area contributed by atoms with Gasteiger partial charge in [0, 0.05) is 6.42 Å². The number of ether oxygens (including phenoxy) is 1. The maximum atomic E-state index is 11.1. The molecule has 0 aliphatic rings. The summed E-state index contributed by atoms with van der Waals surface area (Å²) in [6, 6.07) is 4.10. The van der Waals surface area contributed by atoms with Gasteiger partial charge in [0.25, 0.3) is 0 Å². The minimum absolute atomic E-state index is 0.166. The monoisotopic (exact) mass is 222 g/mol. The molecule has 0 unspecified atom stereocenters. The van der Waals surface area contributed by atoms with Crippen molar-refractivity contribution in [3.63, 3.8) is 0 Å². The normalized spacial score (nSPS) is 10.0. The van der Waals surface area contributed by atoms with Crippen LogP contribution in [0.4, 0.5) is 0 Å². The second-order valence-electron chi connectivity index (χ2n) is 3.84. The molecule has 0 spiro atoms. The predicted octanol–water partition coefficient (Wildman–Crippen LogP) is 1.23. The SMILES string of the molecule is COc1c(C)cc(C)cc1CCC(=O)NN. The van der Waals surface area contributed by atoms with Gasteiger partial charge in [0.2, 0.25) is 5.91 Å². The Bertz CT molecular complexity index is 389. The van der Waals surface area contributed by atoms with Crippen molar-refractivity contribution in [3.05, 3.63) is 28.8 Å². The van der Waals surface area contributed by atoms with Crippen LogP contribution in [0.25, 0.3) is 0 Å². The minimum Gasteiger partial charge on any atom is -0.496 e. The molecule has 1 rings (SSSR count). The molecule has 0 aromatic heterocycles. The Morgan fingerprint density at radius 1 is 1.44 bits per heavy atom. The topological polar surface area (TPSA) is 64.3 Å². The van der Waals surface area contributed by atoms with Gasteiger partial charge in [-0.1, -0.05) is 17.7 Å². The molecule has 1 aromatic carbocycles. The van der Waals surface area contributed by atoms with Gasteiger partial charge in [-0.15, -0.1) is 0 Å². The van der Waals surface area contributed by atoms with E-state index in [1.807, 2.05) is 19.9 Å². The largest absolute Gasteiger partial charge is 0.496 e. The van der Waals surface area contributed by atoms with Crippen molar-refractivity contribution >= 4 is 5.91 Å². The zero-order chi connectivity index (χ0) is 12.1. The van der Waals surface area contributed by atoms with E-state index in [1.54, 1.807) is 7.11 Å². The number of nitrogens with one attached hydrogen (secondary N) is 1. The maximum absolute atomic E-state index is 11.1. The molecule has 88 valence electrons. The van der Waals surface area contributed by atoms with E-state index in [4.69, 9.17) is 10.6 Å². The van der Waals surface area contributed by atoms with Gasteiger partial charge in [-0.3, -0.25) is 10.2 Å². The van der Waals surface area contributed by atoms with Crippen LogP contribution in [0.15, 0.2) is 12.1 Å². The van der Waals surface area contributed by atoms with Gasteiger partial charge in [-0.2, -0.15) is 0 Å². The van der Waals surface area contributed by atoms with Crippen LogP contribution >= 0.6 is 0 Å². The van der Waals surface area contributed by atoms with Gasteiger partial charge in [0.1, 0.15) is 5.75 Å². The molecule has 0 heterocycles. The van der Waals surface area contributed by atoms with Crippen LogP contribution in [0.1, 0.15) is 23.1 Å². The molecule has 0 saturated heterocycles. The zero-order valence-corrected chi connectivity index (χ0v) is 9.96. The lowest BCUT2D eigenvalue weighted by Gasteiger charge is -2.12. The molecule has 4 nitrogen and oxygen atoms in total. The number of carbonyl (C=O) groups is 1. The van der Waals surface area contributed by atoms with Crippen LogP contribution in [0.5, 0.6) is 5.75 Å². The Morgan fingerprint density at radius 3 is 2.69 bits per heavy atom. The number of methoxy groups -OCH3 is 1. The molecule has 16 heavy (non-hydrogen) atoms. The smallest absolute Gasteiger partial charge is 0.234 e. The van der Waals surface area contributed by atoms with E-state index < -0.39 is 0 Å². The number of hydrogen-bond donors (Lipinski definition) is 2. The summed E-state index contributed by atoms with van der Waals surface area (Å²) in [5, 5.41) is 0. The molecule has 3 N–H and O–H groups in total. The number of nitrogens with two attached hydrogens (primary N) is 1. The van der Waals surface area contributed by atoms with Gasteiger partial charge in [0.15, 0.2) is 0 Å². The third kappa shape index (κ3) is 2.97. The molecular weight excluding hydrogens is 204 g/mol. The molecule has 0 radical (unpaired) electrons. The van der Waals surface area contributed by atoms with E-state index in [9.17, 15) is 4.79 Å². The van der Waals surface area contributed by atoms with Gasteiger partial charge in [-0.05, 0) is 31.4 Å². The van der Waals surface area contributed by atoms with Crippen molar-refractivity contribution in [1.29, 1.82) is 0 Å². The van der Waals surface area contributed by atoms with E-state index in [0.717, 1.165) is 16.9 Å². The first-order valence-corrected chi connectivity index (χ1v) is 5.22. The second kappa shape index (κ2) is 5.51. The van der Waals surface area contributed by atoms with E-state index in [1.165, 1.54) is 5.56 Å². The Morgan fingerprint density at radius 2 is 2.12 bits per heavy atom. The standard InChI is InChI=1S/C12H18N2O2/c1-8-6-9(2)12(16-3)10(7-8)4-5-11(15)14-13/h6-7H,4-5,13H2,1-3H3,(H,14,15). The van der Waals surface area contributed by atoms with Gasteiger partial charge in [-0.25, -0.2) is 5.84 Å². The summed E-state index contributed by atoms with van der Waals surface area (Å²) < 4.78 is 5.33. The lowest BCUT2D eigenvalue weighted by Crippen LogP contribution is -2.30. The average Bonchev–Trinajstić information content (AvgIpc) is 2.25. The minimum atomic E-state index is -0.166. The number of carbonyl (C=O) groups excluding carboxylic acids is 1. The summed E-state index contributed by atoms with van der Waals surface area (Å²) in [4.78, 5) is 11.1.